The van der Waals surface area contributed by atoms with Crippen LogP contribution in [0.4, 0.5) is 23.4 Å². The van der Waals surface area contributed by atoms with E-state index in [1.807, 2.05) is 4.90 Å². The quantitative estimate of drug-likeness (QED) is 0.381. The maximum absolute atomic E-state index is 13.3. The lowest BCUT2D eigenvalue weighted by molar-refractivity contribution is -0.138. The van der Waals surface area contributed by atoms with Gasteiger partial charge in [0.05, 0.1) is 11.1 Å². The highest BCUT2D eigenvalue weighted by atomic mass is 19.4. The number of halogens is 4. The fourth-order valence-corrected chi connectivity index (χ4v) is 4.08. The molecule has 7 nitrogen and oxygen atoms in total. The minimum atomic E-state index is -4.61. The summed E-state index contributed by atoms with van der Waals surface area (Å²) in [7, 11) is 0. The summed E-state index contributed by atoms with van der Waals surface area (Å²) in [6.07, 6.45) is -3.24. The van der Waals surface area contributed by atoms with Crippen LogP contribution in [0.25, 0.3) is 0 Å². The molecule has 0 atom stereocenters. The van der Waals surface area contributed by atoms with Gasteiger partial charge in [-0.3, -0.25) is 9.59 Å². The largest absolute Gasteiger partial charge is 0.417 e. The lowest BCUT2D eigenvalue weighted by Crippen LogP contribution is -2.49. The first kappa shape index (κ1) is 26.1. The Morgan fingerprint density at radius 1 is 0.892 bits per heavy atom. The van der Waals surface area contributed by atoms with Gasteiger partial charge < -0.3 is 15.1 Å². The SMILES string of the molecule is O=C(NCCCc1ccc(F)cc1)c1ccc(N2CCN(C(=O)c3ccccc3C(F)(F)F)CC2)nn1. The molecule has 0 bridgehead atoms. The molecule has 37 heavy (non-hydrogen) atoms. The number of alkyl halides is 3. The average molecular weight is 516 g/mol. The number of hydrogen-bond acceptors (Lipinski definition) is 5. The third kappa shape index (κ3) is 6.60. The van der Waals surface area contributed by atoms with E-state index in [0.717, 1.165) is 11.6 Å². The third-order valence-electron chi connectivity index (χ3n) is 6.08. The Hall–Kier alpha value is -4.02. The molecule has 0 radical (unpaired) electrons. The molecule has 0 spiro atoms. The van der Waals surface area contributed by atoms with Gasteiger partial charge in [0.25, 0.3) is 11.8 Å². The van der Waals surface area contributed by atoms with Crippen LogP contribution in [-0.4, -0.2) is 59.6 Å². The molecule has 3 aromatic rings. The monoisotopic (exact) mass is 515 g/mol. The first-order chi connectivity index (χ1) is 17.7. The number of amides is 2. The summed E-state index contributed by atoms with van der Waals surface area (Å²) in [5, 5.41) is 10.9. The lowest BCUT2D eigenvalue weighted by atomic mass is 10.1. The molecule has 2 heterocycles. The van der Waals surface area contributed by atoms with E-state index in [2.05, 4.69) is 15.5 Å². The molecule has 0 unspecified atom stereocenters. The van der Waals surface area contributed by atoms with E-state index in [9.17, 15) is 27.2 Å². The van der Waals surface area contributed by atoms with Gasteiger partial charge in [0.1, 0.15) is 5.82 Å². The maximum atomic E-state index is 13.3. The number of hydrogen-bond donors (Lipinski definition) is 1. The van der Waals surface area contributed by atoms with Crippen molar-refractivity contribution in [1.29, 1.82) is 0 Å². The zero-order valence-corrected chi connectivity index (χ0v) is 19.8. The fourth-order valence-electron chi connectivity index (χ4n) is 4.08. The minimum absolute atomic E-state index is 0.156. The second kappa shape index (κ2) is 11.4. The van der Waals surface area contributed by atoms with Gasteiger partial charge in [-0.15, -0.1) is 10.2 Å². The predicted molar refractivity (Wildman–Crippen MR) is 129 cm³/mol. The smallest absolute Gasteiger partial charge is 0.352 e. The highest BCUT2D eigenvalue weighted by Gasteiger charge is 2.36. The van der Waals surface area contributed by atoms with Gasteiger partial charge in [-0.25, -0.2) is 4.39 Å². The number of aromatic nitrogens is 2. The van der Waals surface area contributed by atoms with Crippen LogP contribution in [0.1, 0.15) is 38.4 Å². The van der Waals surface area contributed by atoms with Crippen LogP contribution >= 0.6 is 0 Å². The summed E-state index contributed by atoms with van der Waals surface area (Å²) in [5.74, 6) is -0.807. The molecule has 1 fully saturated rings. The second-order valence-electron chi connectivity index (χ2n) is 8.59. The van der Waals surface area contributed by atoms with Gasteiger partial charge in [-0.2, -0.15) is 13.2 Å². The molecule has 2 aromatic carbocycles. The molecule has 1 aliphatic rings. The molecule has 194 valence electrons. The maximum Gasteiger partial charge on any atom is 0.417 e. The molecule has 2 amide bonds. The summed E-state index contributed by atoms with van der Waals surface area (Å²) in [5.41, 5.74) is -0.178. The molecular formula is C26H25F4N5O2. The van der Waals surface area contributed by atoms with Gasteiger partial charge in [-0.1, -0.05) is 24.3 Å². The van der Waals surface area contributed by atoms with Gasteiger partial charge in [0, 0.05) is 32.7 Å². The normalized spacial score (nSPS) is 13.9. The Balaban J connectivity index is 1.26. The standard InChI is InChI=1S/C26H25F4N5O2/c27-19-9-7-18(8-10-19)4-3-13-31-24(36)22-11-12-23(33-32-22)34-14-16-35(17-15-34)25(37)20-5-1-2-6-21(20)26(28,29)30/h1-2,5-12H,3-4,13-17H2,(H,31,36). The highest BCUT2D eigenvalue weighted by Crippen LogP contribution is 2.32. The van der Waals surface area contributed by atoms with Crippen molar-refractivity contribution in [1.82, 2.24) is 20.4 Å². The van der Waals surface area contributed by atoms with E-state index >= 15 is 0 Å². The van der Waals surface area contributed by atoms with Crippen molar-refractivity contribution in [2.24, 2.45) is 0 Å². The molecular weight excluding hydrogens is 490 g/mol. The van der Waals surface area contributed by atoms with Crippen molar-refractivity contribution < 1.29 is 27.2 Å². The summed E-state index contributed by atoms with van der Waals surface area (Å²) in [6.45, 7) is 1.60. The number of carbonyl (C=O) groups excluding carboxylic acids is 2. The number of carbonyl (C=O) groups is 2. The number of nitrogens with one attached hydrogen (secondary N) is 1. The Kier molecular flexibility index (Phi) is 8.00. The van der Waals surface area contributed by atoms with E-state index in [4.69, 9.17) is 0 Å². The predicted octanol–water partition coefficient (Wildman–Crippen LogP) is 3.96. The molecule has 4 rings (SSSR count). The van der Waals surface area contributed by atoms with Crippen LogP contribution in [0.15, 0.2) is 60.7 Å². The fraction of sp³-hybridized carbons (Fsp3) is 0.308. The summed E-state index contributed by atoms with van der Waals surface area (Å²) < 4.78 is 52.8. The van der Waals surface area contributed by atoms with Crippen molar-refractivity contribution in [3.8, 4) is 0 Å². The molecule has 1 aromatic heterocycles. The number of anilines is 1. The van der Waals surface area contributed by atoms with Crippen LogP contribution in [0.3, 0.4) is 0 Å². The molecule has 1 saturated heterocycles. The number of nitrogens with zero attached hydrogens (tertiary/aromatic N) is 4. The Bertz CT molecular complexity index is 1220. The Morgan fingerprint density at radius 2 is 1.59 bits per heavy atom. The van der Waals surface area contributed by atoms with Crippen LogP contribution in [0, 0.1) is 5.82 Å². The van der Waals surface area contributed by atoms with Crippen LogP contribution in [0.5, 0.6) is 0 Å². The van der Waals surface area contributed by atoms with Crippen molar-refractivity contribution in [2.45, 2.75) is 19.0 Å². The Labute approximate surface area is 211 Å². The summed E-state index contributed by atoms with van der Waals surface area (Å²) in [4.78, 5) is 28.3. The van der Waals surface area contributed by atoms with E-state index in [1.54, 1.807) is 24.3 Å². The highest BCUT2D eigenvalue weighted by molar-refractivity contribution is 5.96. The van der Waals surface area contributed by atoms with Crippen LogP contribution in [0.2, 0.25) is 0 Å². The number of piperazine rings is 1. The van der Waals surface area contributed by atoms with Crippen LogP contribution < -0.4 is 10.2 Å². The number of rotatable bonds is 7. The van der Waals surface area contributed by atoms with Gasteiger partial charge in [-0.05, 0) is 54.8 Å². The Morgan fingerprint density at radius 3 is 2.24 bits per heavy atom. The number of benzene rings is 2. The molecule has 0 saturated carbocycles. The molecule has 11 heteroatoms. The molecule has 1 N–H and O–H groups in total. The van der Waals surface area contributed by atoms with Gasteiger partial charge in [0.2, 0.25) is 0 Å². The zero-order chi connectivity index (χ0) is 26.4. The van der Waals surface area contributed by atoms with Crippen molar-refractivity contribution in [2.75, 3.05) is 37.6 Å². The topological polar surface area (TPSA) is 78.4 Å². The van der Waals surface area contributed by atoms with Gasteiger partial charge >= 0.3 is 6.18 Å². The third-order valence-corrected chi connectivity index (χ3v) is 6.08. The summed E-state index contributed by atoms with van der Waals surface area (Å²) in [6, 6.07) is 14.2. The second-order valence-corrected chi connectivity index (χ2v) is 8.59. The average Bonchev–Trinajstić information content (AvgIpc) is 2.91. The van der Waals surface area contributed by atoms with Gasteiger partial charge in [0.15, 0.2) is 11.5 Å². The summed E-state index contributed by atoms with van der Waals surface area (Å²) >= 11 is 0. The minimum Gasteiger partial charge on any atom is -0.352 e. The zero-order valence-electron chi connectivity index (χ0n) is 19.8. The van der Waals surface area contributed by atoms with Crippen LogP contribution in [-0.2, 0) is 12.6 Å². The van der Waals surface area contributed by atoms with E-state index < -0.39 is 17.6 Å². The number of aryl methyl sites for hydroxylation is 1. The van der Waals surface area contributed by atoms with E-state index in [1.165, 1.54) is 35.2 Å². The van der Waals surface area contributed by atoms with Crippen molar-refractivity contribution >= 4 is 17.6 Å². The first-order valence-corrected chi connectivity index (χ1v) is 11.8. The molecule has 1 aliphatic heterocycles. The first-order valence-electron chi connectivity index (χ1n) is 11.8. The molecule has 0 aliphatic carbocycles. The van der Waals surface area contributed by atoms with E-state index in [0.29, 0.717) is 38.3 Å². The van der Waals surface area contributed by atoms with E-state index in [-0.39, 0.29) is 36.1 Å². The lowest BCUT2D eigenvalue weighted by Gasteiger charge is -2.35. The van der Waals surface area contributed by atoms with Crippen molar-refractivity contribution in [3.63, 3.8) is 0 Å². The van der Waals surface area contributed by atoms with Crippen molar-refractivity contribution in [3.05, 3.63) is 88.9 Å².